The van der Waals surface area contributed by atoms with Crippen LogP contribution in [0.25, 0.3) is 22.6 Å². The van der Waals surface area contributed by atoms with Gasteiger partial charge in [0.15, 0.2) is 17.0 Å². The Hall–Kier alpha value is -3.10. The number of fused-ring (bicyclic) bond motifs is 1. The third-order valence-electron chi connectivity index (χ3n) is 5.89. The first kappa shape index (κ1) is 18.9. The molecule has 9 heteroatoms. The van der Waals surface area contributed by atoms with Gasteiger partial charge in [0.05, 0.1) is 5.56 Å². The highest BCUT2D eigenvalue weighted by atomic mass is 16.2. The van der Waals surface area contributed by atoms with Crippen LogP contribution in [0.1, 0.15) is 38.4 Å². The Balaban J connectivity index is 1.44. The predicted molar refractivity (Wildman–Crippen MR) is 113 cm³/mol. The number of hydrogen-bond donors (Lipinski definition) is 1. The number of imidazole rings is 1. The van der Waals surface area contributed by atoms with Gasteiger partial charge in [0.1, 0.15) is 18.0 Å². The number of nitrogens with zero attached hydrogens (tertiary/aromatic N) is 7. The fourth-order valence-electron chi connectivity index (χ4n) is 4.15. The summed E-state index contributed by atoms with van der Waals surface area (Å²) < 4.78 is 2.06. The molecule has 4 heterocycles. The van der Waals surface area contributed by atoms with Crippen LogP contribution in [0.2, 0.25) is 0 Å². The summed E-state index contributed by atoms with van der Waals surface area (Å²) in [4.78, 5) is 36.9. The van der Waals surface area contributed by atoms with Crippen molar-refractivity contribution in [2.24, 2.45) is 5.92 Å². The Kier molecular flexibility index (Phi) is 4.80. The molecule has 9 nitrogen and oxygen atoms in total. The first-order valence-corrected chi connectivity index (χ1v) is 10.7. The zero-order chi connectivity index (χ0) is 20.7. The molecule has 0 radical (unpaired) electrons. The topological polar surface area (TPSA) is 102 Å². The number of anilines is 1. The lowest BCUT2D eigenvalue weighted by Crippen LogP contribution is -2.45. The van der Waals surface area contributed by atoms with Crippen LogP contribution >= 0.6 is 0 Å². The molecule has 1 atom stereocenters. The van der Waals surface area contributed by atoms with E-state index in [1.807, 2.05) is 11.8 Å². The second-order valence-corrected chi connectivity index (χ2v) is 8.14. The van der Waals surface area contributed by atoms with Crippen molar-refractivity contribution in [1.29, 1.82) is 0 Å². The standard InChI is InChI=1S/C21H26N8O/c1-3-29-19(15-9-22-13(2)23-10-15)27-17-18(24-12-25-20(17)29)26-16-5-4-8-28(11-16)21(30)14-6-7-14/h9-10,12,14,16H,3-8,11H2,1-2H3,(H,24,25,26)/t16-/m0/s1. The number of rotatable bonds is 5. The molecule has 2 fully saturated rings. The van der Waals surface area contributed by atoms with E-state index in [0.717, 1.165) is 67.1 Å². The van der Waals surface area contributed by atoms with E-state index in [4.69, 9.17) is 4.98 Å². The number of likely N-dealkylation sites (tertiary alicyclic amines) is 1. The number of carbonyl (C=O) groups excluding carboxylic acids is 1. The molecule has 0 bridgehead atoms. The second kappa shape index (κ2) is 7.62. The fraction of sp³-hybridized carbons (Fsp3) is 0.524. The highest BCUT2D eigenvalue weighted by Gasteiger charge is 2.35. The summed E-state index contributed by atoms with van der Waals surface area (Å²) >= 11 is 0. The Bertz CT molecular complexity index is 1070. The first-order chi connectivity index (χ1) is 14.6. The van der Waals surface area contributed by atoms with Crippen LogP contribution in [-0.2, 0) is 11.3 Å². The van der Waals surface area contributed by atoms with Gasteiger partial charge in [-0.2, -0.15) is 0 Å². The molecule has 2 aliphatic rings. The molecule has 3 aromatic heterocycles. The van der Waals surface area contributed by atoms with Crippen molar-refractivity contribution >= 4 is 22.9 Å². The van der Waals surface area contributed by atoms with E-state index in [2.05, 4.69) is 36.7 Å². The maximum absolute atomic E-state index is 12.5. The number of hydrogen-bond acceptors (Lipinski definition) is 7. The van der Waals surface area contributed by atoms with E-state index in [-0.39, 0.29) is 12.0 Å². The van der Waals surface area contributed by atoms with Crippen molar-refractivity contribution in [3.63, 3.8) is 0 Å². The van der Waals surface area contributed by atoms with E-state index in [9.17, 15) is 4.79 Å². The van der Waals surface area contributed by atoms with Gasteiger partial charge in [-0.3, -0.25) is 4.79 Å². The third-order valence-corrected chi connectivity index (χ3v) is 5.89. The van der Waals surface area contributed by atoms with Gasteiger partial charge < -0.3 is 14.8 Å². The van der Waals surface area contributed by atoms with E-state index < -0.39 is 0 Å². The molecular formula is C21H26N8O. The quantitative estimate of drug-likeness (QED) is 0.694. The lowest BCUT2D eigenvalue weighted by Gasteiger charge is -2.33. The van der Waals surface area contributed by atoms with Gasteiger partial charge in [0.2, 0.25) is 5.91 Å². The van der Waals surface area contributed by atoms with E-state index in [1.165, 1.54) is 0 Å². The van der Waals surface area contributed by atoms with Crippen LogP contribution in [0.5, 0.6) is 0 Å². The SMILES string of the molecule is CCn1c(-c2cnc(C)nc2)nc2c(N[C@H]3CCCN(C(=O)C4CC4)C3)ncnc21. The maximum Gasteiger partial charge on any atom is 0.225 e. The van der Waals surface area contributed by atoms with Crippen LogP contribution in [0.3, 0.4) is 0 Å². The zero-order valence-electron chi connectivity index (χ0n) is 17.4. The number of carbonyl (C=O) groups is 1. The lowest BCUT2D eigenvalue weighted by molar-refractivity contribution is -0.133. The van der Waals surface area contributed by atoms with Gasteiger partial charge in [-0.05, 0) is 39.5 Å². The van der Waals surface area contributed by atoms with Crippen molar-refractivity contribution in [3.8, 4) is 11.4 Å². The number of nitrogens with one attached hydrogen (secondary N) is 1. The average Bonchev–Trinajstić information content (AvgIpc) is 3.54. The highest BCUT2D eigenvalue weighted by Crippen LogP contribution is 2.32. The number of aromatic nitrogens is 6. The predicted octanol–water partition coefficient (Wildman–Crippen LogP) is 2.42. The van der Waals surface area contributed by atoms with Gasteiger partial charge in [0.25, 0.3) is 0 Å². The molecule has 1 amide bonds. The minimum atomic E-state index is 0.164. The highest BCUT2D eigenvalue weighted by molar-refractivity contribution is 5.86. The summed E-state index contributed by atoms with van der Waals surface area (Å²) in [6.07, 6.45) is 9.24. The molecule has 1 aliphatic heterocycles. The largest absolute Gasteiger partial charge is 0.364 e. The molecule has 30 heavy (non-hydrogen) atoms. The average molecular weight is 406 g/mol. The van der Waals surface area contributed by atoms with Crippen LogP contribution in [-0.4, -0.2) is 59.4 Å². The summed E-state index contributed by atoms with van der Waals surface area (Å²) in [6, 6.07) is 0.164. The van der Waals surface area contributed by atoms with Crippen molar-refractivity contribution in [1.82, 2.24) is 34.4 Å². The summed E-state index contributed by atoms with van der Waals surface area (Å²) in [5, 5.41) is 3.54. The summed E-state index contributed by atoms with van der Waals surface area (Å²) in [5.41, 5.74) is 2.37. The summed E-state index contributed by atoms with van der Waals surface area (Å²) in [6.45, 7) is 6.23. The monoisotopic (exact) mass is 406 g/mol. The molecule has 1 aliphatic carbocycles. The molecule has 3 aromatic rings. The first-order valence-electron chi connectivity index (χ1n) is 10.7. The molecule has 1 saturated heterocycles. The van der Waals surface area contributed by atoms with Crippen LogP contribution in [0, 0.1) is 12.8 Å². The molecule has 0 spiro atoms. The minimum Gasteiger partial charge on any atom is -0.364 e. The normalized spacial score (nSPS) is 19.3. The van der Waals surface area contributed by atoms with Gasteiger partial charge >= 0.3 is 0 Å². The third kappa shape index (κ3) is 3.48. The molecular weight excluding hydrogens is 380 g/mol. The number of amides is 1. The van der Waals surface area contributed by atoms with Gasteiger partial charge in [-0.15, -0.1) is 0 Å². The number of aryl methyl sites for hydroxylation is 2. The van der Waals surface area contributed by atoms with Crippen LogP contribution in [0.15, 0.2) is 18.7 Å². The molecule has 1 N–H and O–H groups in total. The molecule has 5 rings (SSSR count). The fourth-order valence-corrected chi connectivity index (χ4v) is 4.15. The van der Waals surface area contributed by atoms with Crippen molar-refractivity contribution < 1.29 is 4.79 Å². The van der Waals surface area contributed by atoms with Crippen LogP contribution in [0.4, 0.5) is 5.82 Å². The lowest BCUT2D eigenvalue weighted by atomic mass is 10.1. The van der Waals surface area contributed by atoms with Crippen LogP contribution < -0.4 is 5.32 Å². The summed E-state index contributed by atoms with van der Waals surface area (Å²) in [7, 11) is 0. The Morgan fingerprint density at radius 3 is 2.70 bits per heavy atom. The Morgan fingerprint density at radius 2 is 1.97 bits per heavy atom. The zero-order valence-corrected chi connectivity index (χ0v) is 17.4. The Morgan fingerprint density at radius 1 is 1.17 bits per heavy atom. The van der Waals surface area contributed by atoms with Crippen molar-refractivity contribution in [3.05, 3.63) is 24.5 Å². The molecule has 0 aromatic carbocycles. The van der Waals surface area contributed by atoms with Gasteiger partial charge in [-0.1, -0.05) is 0 Å². The number of piperidine rings is 1. The van der Waals surface area contributed by atoms with Gasteiger partial charge in [-0.25, -0.2) is 24.9 Å². The Labute approximate surface area is 175 Å². The van der Waals surface area contributed by atoms with Crippen molar-refractivity contribution in [2.45, 2.75) is 52.1 Å². The minimum absolute atomic E-state index is 0.164. The van der Waals surface area contributed by atoms with E-state index >= 15 is 0 Å². The van der Waals surface area contributed by atoms with Gasteiger partial charge in [0, 0.05) is 44.0 Å². The van der Waals surface area contributed by atoms with E-state index in [1.54, 1.807) is 18.7 Å². The smallest absolute Gasteiger partial charge is 0.225 e. The second-order valence-electron chi connectivity index (χ2n) is 8.14. The summed E-state index contributed by atoms with van der Waals surface area (Å²) in [5.74, 6) is 2.79. The maximum atomic E-state index is 12.5. The van der Waals surface area contributed by atoms with E-state index in [0.29, 0.717) is 18.3 Å². The molecule has 0 unspecified atom stereocenters. The van der Waals surface area contributed by atoms with Crippen molar-refractivity contribution in [2.75, 3.05) is 18.4 Å². The molecule has 156 valence electrons. The molecule has 1 saturated carbocycles.